The summed E-state index contributed by atoms with van der Waals surface area (Å²) in [6, 6.07) is 13.1. The highest BCUT2D eigenvalue weighted by Crippen LogP contribution is 2.24. The molecule has 5 nitrogen and oxygen atoms in total. The molecule has 2 aromatic rings. The van der Waals surface area contributed by atoms with Gasteiger partial charge in [0.25, 0.3) is 0 Å². The fourth-order valence-corrected chi connectivity index (χ4v) is 4.14. The zero-order valence-electron chi connectivity index (χ0n) is 16.2. The van der Waals surface area contributed by atoms with E-state index in [1.807, 2.05) is 30.3 Å². The number of benzene rings is 2. The molecule has 0 radical (unpaired) electrons. The summed E-state index contributed by atoms with van der Waals surface area (Å²) in [5.74, 6) is -0.413. The number of aryl methyl sites for hydroxylation is 1. The van der Waals surface area contributed by atoms with Crippen molar-refractivity contribution >= 4 is 40.7 Å². The second-order valence-corrected chi connectivity index (χ2v) is 8.26. The Morgan fingerprint density at radius 3 is 2.69 bits per heavy atom. The fraction of sp³-hybridized carbons (Fsp3) is 0.364. The molecule has 1 aliphatic rings. The number of anilines is 1. The zero-order valence-corrected chi connectivity index (χ0v) is 17.7. The maximum absolute atomic E-state index is 12.5. The molecule has 0 aromatic heterocycles. The molecule has 3 N–H and O–H groups in total. The third kappa shape index (κ3) is 6.20. The summed E-state index contributed by atoms with van der Waals surface area (Å²) in [5, 5.41) is 4.16. The Hall–Kier alpha value is -2.08. The Kier molecular flexibility index (Phi) is 7.53. The van der Waals surface area contributed by atoms with Crippen molar-refractivity contribution in [3.8, 4) is 0 Å². The molecule has 1 saturated heterocycles. The van der Waals surface area contributed by atoms with Crippen LogP contribution in [0.25, 0.3) is 0 Å². The van der Waals surface area contributed by atoms with Crippen molar-refractivity contribution in [1.82, 2.24) is 4.90 Å². The van der Waals surface area contributed by atoms with Crippen LogP contribution in [0.15, 0.2) is 42.5 Å². The number of likely N-dealkylation sites (tertiary alicyclic amines) is 1. The number of nitrogens with zero attached hydrogens (tertiary/aromatic N) is 1. The predicted molar refractivity (Wildman–Crippen MR) is 117 cm³/mol. The number of amides is 2. The molecule has 1 fully saturated rings. The monoisotopic (exact) mass is 433 g/mol. The van der Waals surface area contributed by atoms with Gasteiger partial charge in [-0.2, -0.15) is 0 Å². The molecule has 0 spiro atoms. The number of nitrogens with one attached hydrogen (secondary N) is 1. The Balaban J connectivity index is 1.59. The van der Waals surface area contributed by atoms with Gasteiger partial charge in [0.05, 0.1) is 5.92 Å². The summed E-state index contributed by atoms with van der Waals surface area (Å²) in [6.45, 7) is 2.25. The lowest BCUT2D eigenvalue weighted by Crippen LogP contribution is -2.40. The van der Waals surface area contributed by atoms with Crippen LogP contribution in [0.3, 0.4) is 0 Å². The Morgan fingerprint density at radius 2 is 1.93 bits per heavy atom. The summed E-state index contributed by atoms with van der Waals surface area (Å²) < 4.78 is 0. The Morgan fingerprint density at radius 1 is 1.14 bits per heavy atom. The zero-order chi connectivity index (χ0) is 20.8. The molecule has 0 aliphatic carbocycles. The van der Waals surface area contributed by atoms with Crippen molar-refractivity contribution in [2.45, 2.75) is 32.2 Å². The van der Waals surface area contributed by atoms with Crippen molar-refractivity contribution in [1.29, 1.82) is 0 Å². The molecular weight excluding hydrogens is 409 g/mol. The van der Waals surface area contributed by atoms with Crippen LogP contribution in [0, 0.1) is 5.92 Å². The standard InChI is InChI=1S/C22H25Cl2N3O2/c23-18-9-7-15(19(24)12-18)8-10-21(28)26-20-6-2-1-4-16(20)13-27-11-3-5-17(14-27)22(25)29/h1-2,4,6-7,9,12,17H,3,5,8,10-11,13-14H2,(H2,25,29)(H,26,28). The summed E-state index contributed by atoms with van der Waals surface area (Å²) in [6.07, 6.45) is 2.65. The first-order valence-corrected chi connectivity index (χ1v) is 10.5. The average Bonchev–Trinajstić information content (AvgIpc) is 2.69. The summed E-state index contributed by atoms with van der Waals surface area (Å²) in [4.78, 5) is 26.2. The van der Waals surface area contributed by atoms with Crippen LogP contribution in [0.1, 0.15) is 30.4 Å². The van der Waals surface area contributed by atoms with Crippen LogP contribution in [0.2, 0.25) is 10.0 Å². The first-order chi connectivity index (χ1) is 13.9. The number of carbonyl (C=O) groups excluding carboxylic acids is 2. The number of nitrogens with two attached hydrogens (primary N) is 1. The fourth-order valence-electron chi connectivity index (χ4n) is 3.64. The maximum atomic E-state index is 12.5. The molecule has 2 aromatic carbocycles. The number of primary amides is 1. The molecular formula is C22H25Cl2N3O2. The van der Waals surface area contributed by atoms with Gasteiger partial charge in [0.1, 0.15) is 0 Å². The lowest BCUT2D eigenvalue weighted by Gasteiger charge is -2.31. The van der Waals surface area contributed by atoms with E-state index in [0.29, 0.717) is 36.0 Å². The molecule has 3 rings (SSSR count). The second kappa shape index (κ2) is 10.1. The van der Waals surface area contributed by atoms with Gasteiger partial charge in [-0.25, -0.2) is 0 Å². The van der Waals surface area contributed by atoms with Gasteiger partial charge < -0.3 is 11.1 Å². The van der Waals surface area contributed by atoms with Crippen LogP contribution >= 0.6 is 23.2 Å². The molecule has 0 bridgehead atoms. The lowest BCUT2D eigenvalue weighted by molar-refractivity contribution is -0.123. The van der Waals surface area contributed by atoms with E-state index in [2.05, 4.69) is 10.2 Å². The van der Waals surface area contributed by atoms with Crippen molar-refractivity contribution < 1.29 is 9.59 Å². The van der Waals surface area contributed by atoms with Gasteiger partial charge in [0.2, 0.25) is 11.8 Å². The molecule has 1 heterocycles. The van der Waals surface area contributed by atoms with E-state index >= 15 is 0 Å². The van der Waals surface area contributed by atoms with Gasteiger partial charge >= 0.3 is 0 Å². The summed E-state index contributed by atoms with van der Waals surface area (Å²) in [7, 11) is 0. The topological polar surface area (TPSA) is 75.4 Å². The van der Waals surface area contributed by atoms with Crippen LogP contribution in [0.4, 0.5) is 5.69 Å². The first kappa shape index (κ1) is 21.6. The average molecular weight is 434 g/mol. The van der Waals surface area contributed by atoms with E-state index in [-0.39, 0.29) is 17.7 Å². The molecule has 1 aliphatic heterocycles. The van der Waals surface area contributed by atoms with Crippen LogP contribution in [-0.4, -0.2) is 29.8 Å². The van der Waals surface area contributed by atoms with Crippen LogP contribution < -0.4 is 11.1 Å². The Labute approximate surface area is 181 Å². The highest BCUT2D eigenvalue weighted by Gasteiger charge is 2.24. The molecule has 1 atom stereocenters. The number of piperidine rings is 1. The molecule has 1 unspecified atom stereocenters. The van der Waals surface area contributed by atoms with E-state index < -0.39 is 0 Å². The number of halogens is 2. The van der Waals surface area contributed by atoms with Crippen molar-refractivity contribution in [2.75, 3.05) is 18.4 Å². The second-order valence-electron chi connectivity index (χ2n) is 7.42. The highest BCUT2D eigenvalue weighted by molar-refractivity contribution is 6.35. The minimum absolute atomic E-state index is 0.0721. The van der Waals surface area contributed by atoms with Crippen LogP contribution in [-0.2, 0) is 22.6 Å². The SMILES string of the molecule is NC(=O)C1CCCN(Cc2ccccc2NC(=O)CCc2ccc(Cl)cc2Cl)C1. The molecule has 0 saturated carbocycles. The van der Waals surface area contributed by atoms with Crippen molar-refractivity contribution in [3.05, 3.63) is 63.6 Å². The molecule has 154 valence electrons. The lowest BCUT2D eigenvalue weighted by atomic mass is 9.97. The van der Waals surface area contributed by atoms with E-state index in [4.69, 9.17) is 28.9 Å². The molecule has 29 heavy (non-hydrogen) atoms. The van der Waals surface area contributed by atoms with Crippen molar-refractivity contribution in [2.24, 2.45) is 11.7 Å². The summed E-state index contributed by atoms with van der Waals surface area (Å²) >= 11 is 12.1. The van der Waals surface area contributed by atoms with Gasteiger partial charge in [0, 0.05) is 35.2 Å². The van der Waals surface area contributed by atoms with Gasteiger partial charge in [-0.1, -0.05) is 47.5 Å². The van der Waals surface area contributed by atoms with E-state index in [0.717, 1.165) is 36.2 Å². The van der Waals surface area contributed by atoms with E-state index in [1.165, 1.54) is 0 Å². The number of rotatable bonds is 7. The van der Waals surface area contributed by atoms with Gasteiger partial charge in [-0.05, 0) is 55.1 Å². The van der Waals surface area contributed by atoms with E-state index in [1.54, 1.807) is 12.1 Å². The normalized spacial score (nSPS) is 17.1. The van der Waals surface area contributed by atoms with Crippen molar-refractivity contribution in [3.63, 3.8) is 0 Å². The smallest absolute Gasteiger partial charge is 0.224 e. The number of hydrogen-bond acceptors (Lipinski definition) is 3. The number of para-hydroxylation sites is 1. The number of hydrogen-bond donors (Lipinski definition) is 2. The third-order valence-corrected chi connectivity index (χ3v) is 5.82. The van der Waals surface area contributed by atoms with Gasteiger partial charge in [-0.15, -0.1) is 0 Å². The van der Waals surface area contributed by atoms with Gasteiger partial charge in [-0.3, -0.25) is 14.5 Å². The third-order valence-electron chi connectivity index (χ3n) is 5.23. The predicted octanol–water partition coefficient (Wildman–Crippen LogP) is 4.26. The van der Waals surface area contributed by atoms with E-state index in [9.17, 15) is 9.59 Å². The minimum atomic E-state index is -0.239. The van der Waals surface area contributed by atoms with Crippen LogP contribution in [0.5, 0.6) is 0 Å². The Bertz CT molecular complexity index is 888. The largest absolute Gasteiger partial charge is 0.369 e. The maximum Gasteiger partial charge on any atom is 0.224 e. The van der Waals surface area contributed by atoms with Gasteiger partial charge in [0.15, 0.2) is 0 Å². The molecule has 7 heteroatoms. The quantitative estimate of drug-likeness (QED) is 0.684. The minimum Gasteiger partial charge on any atom is -0.369 e. The first-order valence-electron chi connectivity index (χ1n) is 9.75. The summed E-state index contributed by atoms with van der Waals surface area (Å²) in [5.41, 5.74) is 8.19. The molecule has 2 amide bonds. The number of carbonyl (C=O) groups is 2. The highest BCUT2D eigenvalue weighted by atomic mass is 35.5.